The van der Waals surface area contributed by atoms with Gasteiger partial charge in [-0.05, 0) is 43.7 Å². The maximum atomic E-state index is 10.1. The Morgan fingerprint density at radius 2 is 2.38 bits per heavy atom. The predicted octanol–water partition coefficient (Wildman–Crippen LogP) is 2.32. The Kier molecular flexibility index (Phi) is 4.75. The number of aromatic amines is 1. The summed E-state index contributed by atoms with van der Waals surface area (Å²) < 4.78 is 10.7. The molecule has 1 aliphatic rings. The van der Waals surface area contributed by atoms with Crippen molar-refractivity contribution in [2.45, 2.75) is 31.6 Å². The molecule has 21 heavy (non-hydrogen) atoms. The largest absolute Gasteiger partial charge is 0.467 e. The van der Waals surface area contributed by atoms with Gasteiger partial charge in [0.1, 0.15) is 12.4 Å². The number of rotatable bonds is 7. The van der Waals surface area contributed by atoms with Gasteiger partial charge in [-0.1, -0.05) is 0 Å². The summed E-state index contributed by atoms with van der Waals surface area (Å²) in [5, 5.41) is 10.1. The number of nitrogens with zero attached hydrogens (tertiary/aromatic N) is 1. The molecular weight excluding hydrogens is 268 g/mol. The van der Waals surface area contributed by atoms with Crippen molar-refractivity contribution >= 4 is 0 Å². The van der Waals surface area contributed by atoms with E-state index in [1.165, 1.54) is 12.1 Å². The molecular formula is C16H22N2O3. The average Bonchev–Trinajstić information content (AvgIpc) is 3.20. The maximum absolute atomic E-state index is 10.1. The van der Waals surface area contributed by atoms with E-state index < -0.39 is 6.10 Å². The molecule has 1 fully saturated rings. The second-order valence-corrected chi connectivity index (χ2v) is 5.53. The summed E-state index contributed by atoms with van der Waals surface area (Å²) in [7, 11) is 0. The van der Waals surface area contributed by atoms with Crippen LogP contribution in [0, 0.1) is 0 Å². The number of hydrogen-bond donors (Lipinski definition) is 2. The van der Waals surface area contributed by atoms with E-state index in [1.54, 1.807) is 6.26 Å². The summed E-state index contributed by atoms with van der Waals surface area (Å²) in [6.07, 6.45) is 5.41. The highest BCUT2D eigenvalue weighted by Gasteiger charge is 2.28. The molecule has 2 unspecified atom stereocenters. The van der Waals surface area contributed by atoms with Crippen LogP contribution in [0.5, 0.6) is 0 Å². The third-order valence-corrected chi connectivity index (χ3v) is 3.92. The summed E-state index contributed by atoms with van der Waals surface area (Å²) in [6, 6.07) is 8.23. The molecule has 0 aliphatic carbocycles. The second kappa shape index (κ2) is 6.93. The Labute approximate surface area is 124 Å². The van der Waals surface area contributed by atoms with Gasteiger partial charge >= 0.3 is 0 Å². The molecule has 0 aromatic carbocycles. The summed E-state index contributed by atoms with van der Waals surface area (Å²) in [6.45, 7) is 2.40. The average molecular weight is 290 g/mol. The molecule has 5 nitrogen and oxygen atoms in total. The predicted molar refractivity (Wildman–Crippen MR) is 78.7 cm³/mol. The Bertz CT molecular complexity index is 510. The Balaban J connectivity index is 1.44. The number of nitrogens with one attached hydrogen (secondary N) is 1. The van der Waals surface area contributed by atoms with Gasteiger partial charge in [-0.15, -0.1) is 0 Å². The minimum Gasteiger partial charge on any atom is -0.467 e. The third-order valence-electron chi connectivity index (χ3n) is 3.92. The fourth-order valence-corrected chi connectivity index (χ4v) is 2.96. The lowest BCUT2D eigenvalue weighted by Gasteiger charge is -2.26. The van der Waals surface area contributed by atoms with Crippen LogP contribution in [0.4, 0.5) is 0 Å². The SMILES string of the molecule is OC(COCc1ccco1)CN1CCCC1c1ccc[nH]1. The highest BCUT2D eigenvalue weighted by atomic mass is 16.5. The zero-order valence-corrected chi connectivity index (χ0v) is 12.1. The van der Waals surface area contributed by atoms with Gasteiger partial charge < -0.3 is 19.2 Å². The van der Waals surface area contributed by atoms with Crippen molar-refractivity contribution in [1.82, 2.24) is 9.88 Å². The van der Waals surface area contributed by atoms with Crippen molar-refractivity contribution in [1.29, 1.82) is 0 Å². The fraction of sp³-hybridized carbons (Fsp3) is 0.500. The Morgan fingerprint density at radius 3 is 3.14 bits per heavy atom. The number of β-amino-alcohol motifs (C(OH)–C–C–N with tert-alkyl or cyclic N) is 1. The van der Waals surface area contributed by atoms with Gasteiger partial charge in [0.15, 0.2) is 0 Å². The first-order chi connectivity index (χ1) is 10.3. The molecule has 3 rings (SSSR count). The first kappa shape index (κ1) is 14.4. The molecule has 2 atom stereocenters. The van der Waals surface area contributed by atoms with E-state index in [1.807, 2.05) is 24.4 Å². The number of furan rings is 1. The first-order valence-corrected chi connectivity index (χ1v) is 7.48. The van der Waals surface area contributed by atoms with Crippen LogP contribution >= 0.6 is 0 Å². The summed E-state index contributed by atoms with van der Waals surface area (Å²) >= 11 is 0. The normalized spacial score (nSPS) is 20.9. The standard InChI is InChI=1S/C16H22N2O3/c19-13(11-20-12-14-4-3-9-21-14)10-18-8-2-6-16(18)15-5-1-7-17-15/h1,3-5,7,9,13,16-17,19H,2,6,8,10-12H2. The van der Waals surface area contributed by atoms with Crippen molar-refractivity contribution in [3.05, 3.63) is 48.2 Å². The Hall–Kier alpha value is -1.56. The van der Waals surface area contributed by atoms with Gasteiger partial charge in [-0.3, -0.25) is 4.90 Å². The molecule has 1 aliphatic heterocycles. The number of aliphatic hydroxyl groups excluding tert-OH is 1. The third kappa shape index (κ3) is 3.75. The summed E-state index contributed by atoms with van der Waals surface area (Å²) in [4.78, 5) is 5.60. The monoisotopic (exact) mass is 290 g/mol. The number of H-pyrrole nitrogens is 1. The number of likely N-dealkylation sites (tertiary alicyclic amines) is 1. The maximum Gasteiger partial charge on any atom is 0.129 e. The quantitative estimate of drug-likeness (QED) is 0.821. The lowest BCUT2D eigenvalue weighted by Crippen LogP contribution is -2.34. The number of aliphatic hydroxyl groups is 1. The van der Waals surface area contributed by atoms with E-state index in [9.17, 15) is 5.11 Å². The molecule has 2 aromatic heterocycles. The fourth-order valence-electron chi connectivity index (χ4n) is 2.96. The van der Waals surface area contributed by atoms with E-state index >= 15 is 0 Å². The van der Waals surface area contributed by atoms with Gasteiger partial charge in [0.05, 0.1) is 19.0 Å². The van der Waals surface area contributed by atoms with Gasteiger partial charge in [-0.25, -0.2) is 0 Å². The van der Waals surface area contributed by atoms with Gasteiger partial charge in [-0.2, -0.15) is 0 Å². The van der Waals surface area contributed by atoms with Crippen molar-refractivity contribution in [2.75, 3.05) is 19.7 Å². The zero-order chi connectivity index (χ0) is 14.5. The van der Waals surface area contributed by atoms with E-state index in [2.05, 4.69) is 16.0 Å². The van der Waals surface area contributed by atoms with E-state index in [0.717, 1.165) is 18.7 Å². The minimum atomic E-state index is -0.476. The smallest absolute Gasteiger partial charge is 0.129 e. The molecule has 0 spiro atoms. The highest BCUT2D eigenvalue weighted by molar-refractivity contribution is 5.11. The van der Waals surface area contributed by atoms with Crippen LogP contribution < -0.4 is 0 Å². The van der Waals surface area contributed by atoms with Crippen molar-refractivity contribution in [3.63, 3.8) is 0 Å². The van der Waals surface area contributed by atoms with Crippen LogP contribution in [-0.2, 0) is 11.3 Å². The minimum absolute atomic E-state index is 0.328. The van der Waals surface area contributed by atoms with Gasteiger partial charge in [0, 0.05) is 24.5 Å². The van der Waals surface area contributed by atoms with Crippen molar-refractivity contribution < 1.29 is 14.3 Å². The van der Waals surface area contributed by atoms with Crippen molar-refractivity contribution in [2.24, 2.45) is 0 Å². The van der Waals surface area contributed by atoms with Gasteiger partial charge in [0.2, 0.25) is 0 Å². The molecule has 114 valence electrons. The molecule has 3 heterocycles. The molecule has 0 bridgehead atoms. The second-order valence-electron chi connectivity index (χ2n) is 5.53. The molecule has 5 heteroatoms. The molecule has 1 saturated heterocycles. The van der Waals surface area contributed by atoms with Gasteiger partial charge in [0.25, 0.3) is 0 Å². The molecule has 0 amide bonds. The van der Waals surface area contributed by atoms with Crippen LogP contribution in [0.1, 0.15) is 30.3 Å². The van der Waals surface area contributed by atoms with E-state index in [4.69, 9.17) is 9.15 Å². The molecule has 2 N–H and O–H groups in total. The number of ether oxygens (including phenoxy) is 1. The van der Waals surface area contributed by atoms with Crippen LogP contribution in [0.3, 0.4) is 0 Å². The lowest BCUT2D eigenvalue weighted by molar-refractivity contribution is 0.00289. The first-order valence-electron chi connectivity index (χ1n) is 7.48. The topological polar surface area (TPSA) is 61.6 Å². The van der Waals surface area contributed by atoms with Crippen LogP contribution in [0.15, 0.2) is 41.1 Å². The number of hydrogen-bond acceptors (Lipinski definition) is 4. The zero-order valence-electron chi connectivity index (χ0n) is 12.1. The van der Waals surface area contributed by atoms with Crippen molar-refractivity contribution in [3.8, 4) is 0 Å². The summed E-state index contributed by atoms with van der Waals surface area (Å²) in [5.41, 5.74) is 1.23. The summed E-state index contributed by atoms with van der Waals surface area (Å²) in [5.74, 6) is 0.785. The van der Waals surface area contributed by atoms with Crippen LogP contribution in [-0.4, -0.2) is 40.8 Å². The lowest BCUT2D eigenvalue weighted by atomic mass is 10.1. The van der Waals surface area contributed by atoms with E-state index in [0.29, 0.717) is 25.8 Å². The highest BCUT2D eigenvalue weighted by Crippen LogP contribution is 2.30. The number of aromatic nitrogens is 1. The van der Waals surface area contributed by atoms with Crippen LogP contribution in [0.2, 0.25) is 0 Å². The molecule has 2 aromatic rings. The Morgan fingerprint density at radius 1 is 1.43 bits per heavy atom. The van der Waals surface area contributed by atoms with Crippen LogP contribution in [0.25, 0.3) is 0 Å². The van der Waals surface area contributed by atoms with E-state index in [-0.39, 0.29) is 0 Å². The molecule has 0 radical (unpaired) electrons. The molecule has 0 saturated carbocycles.